The van der Waals surface area contributed by atoms with Gasteiger partial charge in [0.25, 0.3) is 0 Å². The molecular weight excluding hydrogens is 279 g/mol. The average molecular weight is 294 g/mol. The second kappa shape index (κ2) is 6.80. The molecule has 0 unspecified atom stereocenters. The van der Waals surface area contributed by atoms with Crippen LogP contribution in [-0.4, -0.2) is 30.1 Å². The zero-order valence-corrected chi connectivity index (χ0v) is 11.3. The number of hydrogen-bond donors (Lipinski definition) is 0. The number of carbonyl (C=O) groups excluding carboxylic acids is 1. The van der Waals surface area contributed by atoms with E-state index in [-0.39, 0.29) is 25.4 Å². The van der Waals surface area contributed by atoms with Crippen molar-refractivity contribution in [3.05, 3.63) is 34.9 Å². The standard InChI is InChI=1S/C13H15ClF3NO/c1-2-18(8-7-13(15,16)17)12(19)9-10-3-5-11(14)6-4-10/h3-6H,2,7-9H2,1H3. The number of amides is 1. The summed E-state index contributed by atoms with van der Waals surface area (Å²) in [6, 6.07) is 6.68. The third kappa shape index (κ3) is 5.96. The SMILES string of the molecule is CCN(CCC(F)(F)F)C(=O)Cc1ccc(Cl)cc1. The minimum absolute atomic E-state index is 0.0862. The molecule has 0 bridgehead atoms. The molecule has 1 amide bonds. The molecule has 0 aliphatic carbocycles. The van der Waals surface area contributed by atoms with Crippen molar-refractivity contribution in [2.24, 2.45) is 0 Å². The summed E-state index contributed by atoms with van der Waals surface area (Å²) < 4.78 is 36.4. The number of hydrogen-bond acceptors (Lipinski definition) is 1. The van der Waals surface area contributed by atoms with E-state index >= 15 is 0 Å². The van der Waals surface area contributed by atoms with Gasteiger partial charge in [-0.2, -0.15) is 13.2 Å². The minimum Gasteiger partial charge on any atom is -0.342 e. The first-order valence-electron chi connectivity index (χ1n) is 5.91. The van der Waals surface area contributed by atoms with Crippen molar-refractivity contribution < 1.29 is 18.0 Å². The highest BCUT2D eigenvalue weighted by Gasteiger charge is 2.28. The van der Waals surface area contributed by atoms with Crippen molar-refractivity contribution in [3.8, 4) is 0 Å². The van der Waals surface area contributed by atoms with Crippen molar-refractivity contribution in [1.82, 2.24) is 4.90 Å². The molecule has 1 aromatic carbocycles. The van der Waals surface area contributed by atoms with Crippen LogP contribution in [0.4, 0.5) is 13.2 Å². The maximum Gasteiger partial charge on any atom is 0.390 e. The molecule has 1 aromatic rings. The van der Waals surface area contributed by atoms with Gasteiger partial charge in [-0.15, -0.1) is 0 Å². The normalized spacial score (nSPS) is 11.4. The smallest absolute Gasteiger partial charge is 0.342 e. The van der Waals surface area contributed by atoms with E-state index in [4.69, 9.17) is 11.6 Å². The Hall–Kier alpha value is -1.23. The van der Waals surface area contributed by atoms with Gasteiger partial charge in [0.1, 0.15) is 0 Å². The molecular formula is C13H15ClF3NO. The third-order valence-electron chi connectivity index (χ3n) is 2.67. The van der Waals surface area contributed by atoms with Gasteiger partial charge in [0.05, 0.1) is 12.8 Å². The number of likely N-dealkylation sites (N-methyl/N-ethyl adjacent to an activating group) is 1. The Morgan fingerprint density at radius 3 is 2.32 bits per heavy atom. The van der Waals surface area contributed by atoms with E-state index in [0.29, 0.717) is 5.02 Å². The molecule has 0 aliphatic heterocycles. The van der Waals surface area contributed by atoms with Gasteiger partial charge >= 0.3 is 6.18 Å². The largest absolute Gasteiger partial charge is 0.390 e. The predicted molar refractivity (Wildman–Crippen MR) is 68.1 cm³/mol. The van der Waals surface area contributed by atoms with E-state index in [9.17, 15) is 18.0 Å². The fraction of sp³-hybridized carbons (Fsp3) is 0.462. The molecule has 0 saturated heterocycles. The van der Waals surface area contributed by atoms with Crippen LogP contribution in [0.3, 0.4) is 0 Å². The van der Waals surface area contributed by atoms with Crippen LogP contribution in [0.15, 0.2) is 24.3 Å². The Morgan fingerprint density at radius 2 is 1.84 bits per heavy atom. The number of alkyl halides is 3. The monoisotopic (exact) mass is 293 g/mol. The number of halogens is 4. The van der Waals surface area contributed by atoms with E-state index in [1.54, 1.807) is 31.2 Å². The van der Waals surface area contributed by atoms with Crippen LogP contribution in [0.5, 0.6) is 0 Å². The summed E-state index contributed by atoms with van der Waals surface area (Å²) in [6.45, 7) is 1.63. The Kier molecular flexibility index (Phi) is 5.66. The maximum atomic E-state index is 12.1. The van der Waals surface area contributed by atoms with Crippen LogP contribution in [0, 0.1) is 0 Å². The number of rotatable bonds is 5. The molecule has 106 valence electrons. The number of nitrogens with zero attached hydrogens (tertiary/aromatic N) is 1. The Morgan fingerprint density at radius 1 is 1.26 bits per heavy atom. The van der Waals surface area contributed by atoms with Gasteiger partial charge < -0.3 is 4.90 Å². The van der Waals surface area contributed by atoms with Crippen LogP contribution in [0.2, 0.25) is 5.02 Å². The van der Waals surface area contributed by atoms with E-state index in [1.165, 1.54) is 4.90 Å². The molecule has 0 N–H and O–H groups in total. The summed E-state index contributed by atoms with van der Waals surface area (Å²) in [6.07, 6.45) is -5.13. The highest BCUT2D eigenvalue weighted by atomic mass is 35.5. The van der Waals surface area contributed by atoms with Crippen LogP contribution >= 0.6 is 11.6 Å². The van der Waals surface area contributed by atoms with Gasteiger partial charge in [-0.25, -0.2) is 0 Å². The Bertz CT molecular complexity index is 417. The minimum atomic E-state index is -4.24. The Balaban J connectivity index is 2.56. The van der Waals surface area contributed by atoms with Crippen molar-refractivity contribution >= 4 is 17.5 Å². The highest BCUT2D eigenvalue weighted by molar-refractivity contribution is 6.30. The van der Waals surface area contributed by atoms with Crippen LogP contribution < -0.4 is 0 Å². The van der Waals surface area contributed by atoms with Gasteiger partial charge in [0.2, 0.25) is 5.91 Å². The van der Waals surface area contributed by atoms with Crippen molar-refractivity contribution in [2.75, 3.05) is 13.1 Å². The van der Waals surface area contributed by atoms with E-state index in [1.807, 2.05) is 0 Å². The molecule has 0 radical (unpaired) electrons. The first kappa shape index (κ1) is 15.8. The fourth-order valence-corrected chi connectivity index (χ4v) is 1.74. The predicted octanol–water partition coefficient (Wildman–Crippen LogP) is 3.68. The molecule has 0 fully saturated rings. The van der Waals surface area contributed by atoms with Gasteiger partial charge in [0, 0.05) is 18.1 Å². The Labute approximate surface area is 115 Å². The van der Waals surface area contributed by atoms with Crippen molar-refractivity contribution in [2.45, 2.75) is 25.9 Å². The van der Waals surface area contributed by atoms with Gasteiger partial charge in [-0.1, -0.05) is 23.7 Å². The summed E-state index contributed by atoms with van der Waals surface area (Å²) in [5.74, 6) is -0.311. The van der Waals surface area contributed by atoms with Crippen LogP contribution in [-0.2, 0) is 11.2 Å². The quantitative estimate of drug-likeness (QED) is 0.811. The molecule has 19 heavy (non-hydrogen) atoms. The first-order chi connectivity index (χ1) is 8.81. The van der Waals surface area contributed by atoms with E-state index in [0.717, 1.165) is 5.56 Å². The number of benzene rings is 1. The van der Waals surface area contributed by atoms with Crippen molar-refractivity contribution in [3.63, 3.8) is 0 Å². The van der Waals surface area contributed by atoms with Gasteiger partial charge in [0.15, 0.2) is 0 Å². The van der Waals surface area contributed by atoms with E-state index in [2.05, 4.69) is 0 Å². The summed E-state index contributed by atoms with van der Waals surface area (Å²) in [5, 5.41) is 0.556. The molecule has 0 atom stereocenters. The van der Waals surface area contributed by atoms with Crippen LogP contribution in [0.1, 0.15) is 18.9 Å². The lowest BCUT2D eigenvalue weighted by molar-refractivity contribution is -0.144. The average Bonchev–Trinajstić information content (AvgIpc) is 2.31. The van der Waals surface area contributed by atoms with Crippen LogP contribution in [0.25, 0.3) is 0 Å². The molecule has 0 heterocycles. The second-order valence-electron chi connectivity index (χ2n) is 4.14. The molecule has 1 rings (SSSR count). The topological polar surface area (TPSA) is 20.3 Å². The molecule has 0 saturated carbocycles. The highest BCUT2D eigenvalue weighted by Crippen LogP contribution is 2.20. The fourth-order valence-electron chi connectivity index (χ4n) is 1.61. The second-order valence-corrected chi connectivity index (χ2v) is 4.58. The lowest BCUT2D eigenvalue weighted by atomic mass is 10.1. The van der Waals surface area contributed by atoms with Gasteiger partial charge in [-0.3, -0.25) is 4.79 Å². The molecule has 6 heteroatoms. The zero-order valence-electron chi connectivity index (χ0n) is 10.5. The first-order valence-corrected chi connectivity index (χ1v) is 6.28. The molecule has 0 spiro atoms. The van der Waals surface area contributed by atoms with E-state index < -0.39 is 12.6 Å². The maximum absolute atomic E-state index is 12.1. The molecule has 0 aliphatic rings. The molecule has 0 aromatic heterocycles. The van der Waals surface area contributed by atoms with Gasteiger partial charge in [-0.05, 0) is 24.6 Å². The number of carbonyl (C=O) groups is 1. The summed E-state index contributed by atoms with van der Waals surface area (Å²) in [5.41, 5.74) is 0.736. The summed E-state index contributed by atoms with van der Waals surface area (Å²) in [7, 11) is 0. The summed E-state index contributed by atoms with van der Waals surface area (Å²) >= 11 is 5.72. The lowest BCUT2D eigenvalue weighted by Crippen LogP contribution is -2.35. The third-order valence-corrected chi connectivity index (χ3v) is 2.92. The summed E-state index contributed by atoms with van der Waals surface area (Å²) in [4.78, 5) is 13.1. The molecule has 2 nitrogen and oxygen atoms in total. The van der Waals surface area contributed by atoms with Crippen molar-refractivity contribution in [1.29, 1.82) is 0 Å². The zero-order chi connectivity index (χ0) is 14.5. The lowest BCUT2D eigenvalue weighted by Gasteiger charge is -2.21.